The number of aromatic hydroxyl groups is 1. The van der Waals surface area contributed by atoms with Gasteiger partial charge in [-0.1, -0.05) is 12.1 Å². The number of halogens is 1. The molecule has 2 N–H and O–H groups in total. The van der Waals surface area contributed by atoms with Gasteiger partial charge in [-0.05, 0) is 54.6 Å². The minimum absolute atomic E-state index is 0.0977. The number of hydrogen-bond acceptors (Lipinski definition) is 4. The fourth-order valence-corrected chi connectivity index (χ4v) is 3.07. The van der Waals surface area contributed by atoms with Crippen LogP contribution in [0.3, 0.4) is 0 Å². The number of aromatic amines is 1. The highest BCUT2D eigenvalue weighted by Gasteiger charge is 2.12. The lowest BCUT2D eigenvalue weighted by Crippen LogP contribution is -2.06. The van der Waals surface area contributed by atoms with Gasteiger partial charge in [0.2, 0.25) is 5.55 Å². The second-order valence-electron chi connectivity index (χ2n) is 6.38. The molecule has 3 aromatic carbocycles. The minimum Gasteiger partial charge on any atom is -0.508 e. The summed E-state index contributed by atoms with van der Waals surface area (Å²) in [7, 11) is 0. The van der Waals surface area contributed by atoms with Gasteiger partial charge in [-0.2, -0.15) is 0 Å². The predicted octanol–water partition coefficient (Wildman–Crippen LogP) is 5.05. The van der Waals surface area contributed by atoms with Crippen molar-refractivity contribution in [1.82, 2.24) is 9.97 Å². The van der Waals surface area contributed by atoms with Gasteiger partial charge in [0.1, 0.15) is 23.0 Å². The molecule has 0 saturated heterocycles. The summed E-state index contributed by atoms with van der Waals surface area (Å²) in [5.41, 5.74) is 3.73. The Bertz CT molecular complexity index is 1350. The van der Waals surface area contributed by atoms with Gasteiger partial charge in [0, 0.05) is 11.5 Å². The first-order valence-electron chi connectivity index (χ1n) is 8.68. The molecule has 5 aromatic rings. The van der Waals surface area contributed by atoms with Crippen molar-refractivity contribution in [3.8, 4) is 17.1 Å². The quantitative estimate of drug-likeness (QED) is 0.456. The van der Waals surface area contributed by atoms with Crippen LogP contribution in [0.1, 0.15) is 0 Å². The molecule has 0 unspecified atom stereocenters. The number of para-hydroxylation sites is 2. The molecule has 0 bridgehead atoms. The summed E-state index contributed by atoms with van der Waals surface area (Å²) >= 11 is 0. The Morgan fingerprint density at radius 1 is 0.964 bits per heavy atom. The monoisotopic (exact) mass is 371 g/mol. The first kappa shape index (κ1) is 16.3. The number of fused-ring (bicyclic) bond motifs is 2. The van der Waals surface area contributed by atoms with Crippen LogP contribution >= 0.6 is 0 Å². The average Bonchev–Trinajstić information content (AvgIpc) is 3.13. The smallest absolute Gasteiger partial charge is 0.230 e. The molecule has 0 aliphatic rings. The zero-order chi connectivity index (χ0) is 19.1. The van der Waals surface area contributed by atoms with Gasteiger partial charge in [-0.3, -0.25) is 0 Å². The molecule has 5 rings (SSSR count). The van der Waals surface area contributed by atoms with Crippen LogP contribution in [0.25, 0.3) is 33.4 Å². The maximum atomic E-state index is 13.2. The normalized spacial score (nSPS) is 12.1. The van der Waals surface area contributed by atoms with E-state index in [0.29, 0.717) is 28.2 Å². The zero-order valence-electron chi connectivity index (χ0n) is 14.6. The molecule has 0 atom stereocenters. The van der Waals surface area contributed by atoms with Crippen LogP contribution in [0, 0.1) is 5.82 Å². The average molecular weight is 371 g/mol. The van der Waals surface area contributed by atoms with Crippen LogP contribution in [-0.4, -0.2) is 15.1 Å². The largest absolute Gasteiger partial charge is 0.508 e. The predicted molar refractivity (Wildman–Crippen MR) is 105 cm³/mol. The number of phenolic OH excluding ortho intramolecular Hbond substituents is 1. The van der Waals surface area contributed by atoms with E-state index >= 15 is 0 Å². The summed E-state index contributed by atoms with van der Waals surface area (Å²) in [5.74, 6) is 0.373. The summed E-state index contributed by atoms with van der Waals surface area (Å²) in [6.07, 6.45) is 0. The van der Waals surface area contributed by atoms with Crippen LogP contribution in [0.5, 0.6) is 5.75 Å². The van der Waals surface area contributed by atoms with E-state index in [2.05, 4.69) is 15.0 Å². The van der Waals surface area contributed by atoms with E-state index in [0.717, 1.165) is 16.4 Å². The Hall–Kier alpha value is -3.93. The number of phenols is 1. The third-order valence-corrected chi connectivity index (χ3v) is 4.44. The van der Waals surface area contributed by atoms with E-state index in [1.807, 2.05) is 30.3 Å². The van der Waals surface area contributed by atoms with Crippen molar-refractivity contribution in [3.05, 3.63) is 84.2 Å². The van der Waals surface area contributed by atoms with Crippen molar-refractivity contribution in [1.29, 1.82) is 0 Å². The molecule has 136 valence electrons. The van der Waals surface area contributed by atoms with Gasteiger partial charge in [-0.15, -0.1) is 0 Å². The lowest BCUT2D eigenvalue weighted by molar-refractivity contribution is 0.472. The number of rotatable bonds is 2. The fraction of sp³-hybridized carbons (Fsp3) is 0. The van der Waals surface area contributed by atoms with Crippen molar-refractivity contribution in [2.45, 2.75) is 0 Å². The molecular formula is C22H14FN3O2. The number of aromatic nitrogens is 2. The Balaban J connectivity index is 1.80. The molecule has 0 aliphatic heterocycles. The van der Waals surface area contributed by atoms with Crippen molar-refractivity contribution in [2.24, 2.45) is 4.99 Å². The standard InChI is InChI=1S/C22H14FN3O2/c23-14-6-8-15(9-7-14)24-22-17(11-13-5-10-16(27)12-20(13)28-22)21-25-18-3-1-2-4-19(18)26-21/h1-12,27H,(H,25,26). The Morgan fingerprint density at radius 3 is 2.61 bits per heavy atom. The maximum Gasteiger partial charge on any atom is 0.230 e. The first-order chi connectivity index (χ1) is 13.7. The van der Waals surface area contributed by atoms with Gasteiger partial charge < -0.3 is 14.5 Å². The van der Waals surface area contributed by atoms with Gasteiger partial charge >= 0.3 is 0 Å². The molecule has 5 nitrogen and oxygen atoms in total. The third-order valence-electron chi connectivity index (χ3n) is 4.44. The first-order valence-corrected chi connectivity index (χ1v) is 8.68. The summed E-state index contributed by atoms with van der Waals surface area (Å²) in [6.45, 7) is 0. The molecule has 0 radical (unpaired) electrons. The summed E-state index contributed by atoms with van der Waals surface area (Å²) in [5, 5.41) is 10.6. The van der Waals surface area contributed by atoms with Gasteiger partial charge in [-0.25, -0.2) is 14.4 Å². The topological polar surface area (TPSA) is 74.4 Å². The molecule has 6 heteroatoms. The number of nitrogens with zero attached hydrogens (tertiary/aromatic N) is 2. The van der Waals surface area contributed by atoms with Crippen LogP contribution in [0.2, 0.25) is 0 Å². The van der Waals surface area contributed by atoms with Crippen molar-refractivity contribution in [3.63, 3.8) is 0 Å². The molecule has 0 amide bonds. The summed E-state index contributed by atoms with van der Waals surface area (Å²) < 4.78 is 19.2. The summed E-state index contributed by atoms with van der Waals surface area (Å²) in [6, 6.07) is 20.3. The fourth-order valence-electron chi connectivity index (χ4n) is 3.07. The van der Waals surface area contributed by atoms with E-state index in [4.69, 9.17) is 4.42 Å². The number of nitrogens with one attached hydrogen (secondary N) is 1. The third kappa shape index (κ3) is 2.91. The molecule has 28 heavy (non-hydrogen) atoms. The van der Waals surface area contributed by atoms with Crippen LogP contribution in [-0.2, 0) is 0 Å². The Kier molecular flexibility index (Phi) is 3.69. The molecule has 0 fully saturated rings. The summed E-state index contributed by atoms with van der Waals surface area (Å²) in [4.78, 5) is 12.5. The molecule has 0 spiro atoms. The SMILES string of the molecule is Oc1ccc2cc(-c3nc4ccccc4[nH]3)c(=Nc3ccc(F)cc3)oc2c1. The van der Waals surface area contributed by atoms with E-state index in [1.165, 1.54) is 18.2 Å². The highest BCUT2D eigenvalue weighted by molar-refractivity contribution is 5.84. The number of hydrogen-bond donors (Lipinski definition) is 2. The van der Waals surface area contributed by atoms with E-state index in [-0.39, 0.29) is 11.6 Å². The van der Waals surface area contributed by atoms with E-state index < -0.39 is 0 Å². The Labute approximate surface area is 158 Å². The molecule has 0 aliphatic carbocycles. The highest BCUT2D eigenvalue weighted by atomic mass is 19.1. The van der Waals surface area contributed by atoms with Crippen molar-refractivity contribution in [2.75, 3.05) is 0 Å². The van der Waals surface area contributed by atoms with Crippen molar-refractivity contribution >= 4 is 27.7 Å². The number of imidazole rings is 1. The van der Waals surface area contributed by atoms with E-state index in [1.54, 1.807) is 24.3 Å². The minimum atomic E-state index is -0.336. The van der Waals surface area contributed by atoms with Crippen molar-refractivity contribution < 1.29 is 13.9 Å². The number of H-pyrrole nitrogens is 1. The van der Waals surface area contributed by atoms with Gasteiger partial charge in [0.25, 0.3) is 0 Å². The van der Waals surface area contributed by atoms with Gasteiger partial charge in [0.15, 0.2) is 0 Å². The van der Waals surface area contributed by atoms with Crippen LogP contribution in [0.15, 0.2) is 82.2 Å². The number of benzene rings is 3. The second-order valence-corrected chi connectivity index (χ2v) is 6.38. The maximum absolute atomic E-state index is 13.2. The van der Waals surface area contributed by atoms with E-state index in [9.17, 15) is 9.50 Å². The molecule has 2 heterocycles. The van der Waals surface area contributed by atoms with Crippen LogP contribution < -0.4 is 5.55 Å². The Morgan fingerprint density at radius 2 is 1.79 bits per heavy atom. The molecule has 0 saturated carbocycles. The lowest BCUT2D eigenvalue weighted by Gasteiger charge is -2.03. The molecular weight excluding hydrogens is 357 g/mol. The van der Waals surface area contributed by atoms with Crippen LogP contribution in [0.4, 0.5) is 10.1 Å². The lowest BCUT2D eigenvalue weighted by atomic mass is 10.1. The molecule has 2 aromatic heterocycles. The highest BCUT2D eigenvalue weighted by Crippen LogP contribution is 2.25. The second kappa shape index (κ2) is 6.35. The zero-order valence-corrected chi connectivity index (χ0v) is 14.6. The van der Waals surface area contributed by atoms with Gasteiger partial charge in [0.05, 0.1) is 22.3 Å².